The van der Waals surface area contributed by atoms with Crippen LogP contribution in [0, 0.1) is 0 Å². The quantitative estimate of drug-likeness (QED) is 0.801. The number of rotatable bonds is 5. The Morgan fingerprint density at radius 3 is 2.16 bits per heavy atom. The van der Waals surface area contributed by atoms with Crippen molar-refractivity contribution in [2.24, 2.45) is 0 Å². The highest BCUT2D eigenvalue weighted by Gasteiger charge is 2.62. The summed E-state index contributed by atoms with van der Waals surface area (Å²) in [5, 5.41) is 11.2. The Morgan fingerprint density at radius 1 is 1.00 bits per heavy atom. The number of aliphatic hydroxyl groups is 1. The number of carbonyl (C=O) groups is 1. The zero-order chi connectivity index (χ0) is 17.9. The van der Waals surface area contributed by atoms with Gasteiger partial charge in [-0.1, -0.05) is 59.6 Å². The molecule has 25 heavy (non-hydrogen) atoms. The molecule has 0 heterocycles. The van der Waals surface area contributed by atoms with Crippen LogP contribution in [0.2, 0.25) is 0 Å². The summed E-state index contributed by atoms with van der Waals surface area (Å²) in [6, 6.07) is 18.0. The molecule has 2 aromatic carbocycles. The maximum absolute atomic E-state index is 12.2. The Hall–Kier alpha value is -1.75. The highest BCUT2D eigenvalue weighted by Crippen LogP contribution is 2.45. The summed E-state index contributed by atoms with van der Waals surface area (Å²) in [7, 11) is 0. The van der Waals surface area contributed by atoms with Crippen molar-refractivity contribution in [1.29, 1.82) is 0 Å². The molecule has 1 saturated carbocycles. The van der Waals surface area contributed by atoms with E-state index in [0.717, 1.165) is 0 Å². The predicted molar refractivity (Wildman–Crippen MR) is 96.4 cm³/mol. The predicted octanol–water partition coefficient (Wildman–Crippen LogP) is 3.78. The Morgan fingerprint density at radius 2 is 1.56 bits per heavy atom. The van der Waals surface area contributed by atoms with E-state index in [1.807, 2.05) is 24.3 Å². The Balaban J connectivity index is 1.85. The molecule has 2 unspecified atom stereocenters. The SMILES string of the molecule is O=C1CCC(Oc2ccccc2)C(O)(COc2ccccc2)C1(Cl)Cl. The molecule has 3 rings (SSSR count). The van der Waals surface area contributed by atoms with E-state index in [-0.39, 0.29) is 13.0 Å². The fourth-order valence-electron chi connectivity index (χ4n) is 2.81. The number of carbonyl (C=O) groups excluding carboxylic acids is 1. The first-order valence-corrected chi connectivity index (χ1v) is 8.72. The van der Waals surface area contributed by atoms with Crippen LogP contribution in [0.4, 0.5) is 0 Å². The number of alkyl halides is 2. The van der Waals surface area contributed by atoms with Crippen LogP contribution >= 0.6 is 23.2 Å². The number of Topliss-reactive ketones (excluding diaryl/α,β-unsaturated/α-hetero) is 1. The monoisotopic (exact) mass is 380 g/mol. The first-order valence-electron chi connectivity index (χ1n) is 7.96. The minimum absolute atomic E-state index is 0.123. The van der Waals surface area contributed by atoms with E-state index < -0.39 is 21.8 Å². The van der Waals surface area contributed by atoms with E-state index in [4.69, 9.17) is 32.7 Å². The van der Waals surface area contributed by atoms with Gasteiger partial charge in [0.2, 0.25) is 4.33 Å². The highest BCUT2D eigenvalue weighted by atomic mass is 35.5. The maximum atomic E-state index is 12.2. The van der Waals surface area contributed by atoms with Crippen LogP contribution < -0.4 is 9.47 Å². The molecule has 0 radical (unpaired) electrons. The second kappa shape index (κ2) is 7.24. The van der Waals surface area contributed by atoms with Crippen LogP contribution in [0.1, 0.15) is 12.8 Å². The van der Waals surface area contributed by atoms with Gasteiger partial charge in [-0.15, -0.1) is 0 Å². The van der Waals surface area contributed by atoms with E-state index in [9.17, 15) is 9.90 Å². The van der Waals surface area contributed by atoms with Gasteiger partial charge in [-0.05, 0) is 30.7 Å². The van der Waals surface area contributed by atoms with Crippen LogP contribution in [0.5, 0.6) is 11.5 Å². The van der Waals surface area contributed by atoms with Crippen molar-refractivity contribution in [3.05, 3.63) is 60.7 Å². The van der Waals surface area contributed by atoms with Crippen LogP contribution in [-0.4, -0.2) is 33.5 Å². The van der Waals surface area contributed by atoms with Gasteiger partial charge in [0.15, 0.2) is 11.4 Å². The van der Waals surface area contributed by atoms with Crippen molar-refractivity contribution < 1.29 is 19.4 Å². The average Bonchev–Trinajstić information content (AvgIpc) is 2.63. The van der Waals surface area contributed by atoms with Gasteiger partial charge in [-0.2, -0.15) is 0 Å². The van der Waals surface area contributed by atoms with E-state index in [0.29, 0.717) is 17.9 Å². The van der Waals surface area contributed by atoms with Crippen molar-refractivity contribution in [3.8, 4) is 11.5 Å². The summed E-state index contributed by atoms with van der Waals surface area (Å²) in [4.78, 5) is 12.2. The number of hydrogen-bond acceptors (Lipinski definition) is 4. The van der Waals surface area contributed by atoms with Crippen molar-refractivity contribution >= 4 is 29.0 Å². The van der Waals surface area contributed by atoms with Gasteiger partial charge < -0.3 is 14.6 Å². The molecule has 0 aliphatic heterocycles. The maximum Gasteiger partial charge on any atom is 0.211 e. The van der Waals surface area contributed by atoms with Crippen molar-refractivity contribution in [3.63, 3.8) is 0 Å². The highest BCUT2D eigenvalue weighted by molar-refractivity contribution is 6.59. The number of benzene rings is 2. The van der Waals surface area contributed by atoms with Crippen molar-refractivity contribution in [2.75, 3.05) is 6.61 Å². The summed E-state index contributed by atoms with van der Waals surface area (Å²) in [5.41, 5.74) is -1.89. The Bertz CT molecular complexity index is 721. The first-order chi connectivity index (χ1) is 11.9. The third-order valence-corrected chi connectivity index (χ3v) is 5.36. The lowest BCUT2D eigenvalue weighted by Crippen LogP contribution is -2.66. The largest absolute Gasteiger partial charge is 0.490 e. The summed E-state index contributed by atoms with van der Waals surface area (Å²) < 4.78 is 9.53. The molecule has 4 nitrogen and oxygen atoms in total. The van der Waals surface area contributed by atoms with Gasteiger partial charge in [0, 0.05) is 6.42 Å². The van der Waals surface area contributed by atoms with Gasteiger partial charge >= 0.3 is 0 Å². The van der Waals surface area contributed by atoms with Crippen LogP contribution in [0.3, 0.4) is 0 Å². The number of halogens is 2. The van der Waals surface area contributed by atoms with E-state index in [1.165, 1.54) is 0 Å². The smallest absolute Gasteiger partial charge is 0.211 e. The second-order valence-electron chi connectivity index (χ2n) is 5.98. The van der Waals surface area contributed by atoms with Gasteiger partial charge in [0.25, 0.3) is 0 Å². The summed E-state index contributed by atoms with van der Waals surface area (Å²) >= 11 is 12.5. The molecule has 0 bridgehead atoms. The molecule has 1 aliphatic carbocycles. The minimum Gasteiger partial charge on any atom is -0.490 e. The van der Waals surface area contributed by atoms with Gasteiger partial charge in [0.1, 0.15) is 24.2 Å². The lowest BCUT2D eigenvalue weighted by atomic mass is 9.80. The zero-order valence-electron chi connectivity index (χ0n) is 13.4. The number of para-hydroxylation sites is 2. The van der Waals surface area contributed by atoms with Gasteiger partial charge in [0.05, 0.1) is 0 Å². The molecular formula is C19H18Cl2O4. The molecule has 6 heteroatoms. The molecule has 1 aliphatic rings. The number of hydrogen-bond donors (Lipinski definition) is 1. The van der Waals surface area contributed by atoms with Crippen LogP contribution in [-0.2, 0) is 4.79 Å². The first kappa shape index (κ1) is 18.1. The molecule has 0 spiro atoms. The minimum atomic E-state index is -2.01. The average molecular weight is 381 g/mol. The summed E-state index contributed by atoms with van der Waals surface area (Å²) in [6.45, 7) is -0.271. The molecule has 2 atom stereocenters. The van der Waals surface area contributed by atoms with E-state index in [2.05, 4.69) is 0 Å². The standard InChI is InChI=1S/C19H18Cl2O4/c20-19(21)16(22)11-12-17(25-15-9-5-2-6-10-15)18(19,23)13-24-14-7-3-1-4-8-14/h1-10,17,23H,11-13H2. The van der Waals surface area contributed by atoms with E-state index >= 15 is 0 Å². The lowest BCUT2D eigenvalue weighted by molar-refractivity contribution is -0.147. The fourth-order valence-corrected chi connectivity index (χ4v) is 3.36. The second-order valence-corrected chi connectivity index (χ2v) is 7.31. The molecular weight excluding hydrogens is 363 g/mol. The third-order valence-electron chi connectivity index (χ3n) is 4.28. The lowest BCUT2D eigenvalue weighted by Gasteiger charge is -2.45. The third kappa shape index (κ3) is 3.61. The van der Waals surface area contributed by atoms with E-state index in [1.54, 1.807) is 36.4 Å². The van der Waals surface area contributed by atoms with Crippen LogP contribution in [0.25, 0.3) is 0 Å². The molecule has 1 fully saturated rings. The molecule has 0 amide bonds. The molecule has 0 aromatic heterocycles. The zero-order valence-corrected chi connectivity index (χ0v) is 14.9. The van der Waals surface area contributed by atoms with Gasteiger partial charge in [-0.3, -0.25) is 4.79 Å². The molecule has 0 saturated heterocycles. The number of ether oxygens (including phenoxy) is 2. The summed E-state index contributed by atoms with van der Waals surface area (Å²) in [5.74, 6) is 0.656. The van der Waals surface area contributed by atoms with Crippen LogP contribution in [0.15, 0.2) is 60.7 Å². The summed E-state index contributed by atoms with van der Waals surface area (Å²) in [6.07, 6.45) is -0.367. The van der Waals surface area contributed by atoms with Gasteiger partial charge in [-0.25, -0.2) is 0 Å². The number of ketones is 1. The Labute approximate surface area is 156 Å². The Kier molecular flexibility index (Phi) is 5.23. The van der Waals surface area contributed by atoms with Crippen molar-refractivity contribution in [2.45, 2.75) is 28.9 Å². The fraction of sp³-hybridized carbons (Fsp3) is 0.316. The normalized spacial score (nSPS) is 25.4. The molecule has 2 aromatic rings. The molecule has 1 N–H and O–H groups in total. The molecule has 132 valence electrons. The topological polar surface area (TPSA) is 55.8 Å². The van der Waals surface area contributed by atoms with Crippen molar-refractivity contribution in [1.82, 2.24) is 0 Å².